The zero-order valence-electron chi connectivity index (χ0n) is 14.4. The normalized spacial score (nSPS) is 17.9. The summed E-state index contributed by atoms with van der Waals surface area (Å²) in [6, 6.07) is 15.3. The molecule has 2 aromatic rings. The van der Waals surface area contributed by atoms with Crippen LogP contribution in [0, 0.1) is 5.92 Å². The zero-order chi connectivity index (χ0) is 17.6. The summed E-state index contributed by atoms with van der Waals surface area (Å²) in [4.78, 5) is 14.9. The van der Waals surface area contributed by atoms with Gasteiger partial charge in [0.25, 0.3) is 0 Å². The van der Waals surface area contributed by atoms with Gasteiger partial charge < -0.3 is 10.1 Å². The van der Waals surface area contributed by atoms with E-state index in [9.17, 15) is 4.79 Å². The Kier molecular flexibility index (Phi) is 5.95. The molecule has 1 amide bonds. The van der Waals surface area contributed by atoms with Crippen LogP contribution < -0.4 is 10.1 Å². The molecule has 1 atom stereocenters. The number of likely N-dealkylation sites (tertiary alicyclic amines) is 1. The lowest BCUT2D eigenvalue weighted by Crippen LogP contribution is -2.40. The first-order chi connectivity index (χ1) is 12.1. The highest BCUT2D eigenvalue weighted by Crippen LogP contribution is 2.22. The molecule has 1 aliphatic rings. The number of hydrogen-bond acceptors (Lipinski definition) is 3. The molecule has 1 aliphatic heterocycles. The van der Waals surface area contributed by atoms with E-state index in [4.69, 9.17) is 16.3 Å². The van der Waals surface area contributed by atoms with Crippen molar-refractivity contribution in [1.82, 2.24) is 4.90 Å². The predicted octanol–water partition coefficient (Wildman–Crippen LogP) is 4.20. The molecule has 0 aromatic heterocycles. The van der Waals surface area contributed by atoms with Crippen molar-refractivity contribution in [2.45, 2.75) is 19.4 Å². The molecule has 132 valence electrons. The zero-order valence-corrected chi connectivity index (χ0v) is 15.1. The van der Waals surface area contributed by atoms with Gasteiger partial charge in [-0.15, -0.1) is 0 Å². The van der Waals surface area contributed by atoms with E-state index >= 15 is 0 Å². The average Bonchev–Trinajstić information content (AvgIpc) is 2.64. The van der Waals surface area contributed by atoms with Crippen LogP contribution in [-0.2, 0) is 11.3 Å². The van der Waals surface area contributed by atoms with Crippen LogP contribution in [0.3, 0.4) is 0 Å². The first-order valence-electron chi connectivity index (χ1n) is 8.56. The van der Waals surface area contributed by atoms with Crippen molar-refractivity contribution >= 4 is 23.2 Å². The number of benzene rings is 2. The minimum absolute atomic E-state index is 0.0168. The second-order valence-electron chi connectivity index (χ2n) is 6.42. The van der Waals surface area contributed by atoms with E-state index < -0.39 is 0 Å². The third-order valence-corrected chi connectivity index (χ3v) is 4.81. The number of hydrogen-bond donors (Lipinski definition) is 1. The Morgan fingerprint density at radius 2 is 1.92 bits per heavy atom. The highest BCUT2D eigenvalue weighted by atomic mass is 35.5. The lowest BCUT2D eigenvalue weighted by Gasteiger charge is -2.32. The van der Waals surface area contributed by atoms with Crippen molar-refractivity contribution in [2.75, 3.05) is 25.5 Å². The Bertz CT molecular complexity index is 701. The van der Waals surface area contributed by atoms with Gasteiger partial charge in [-0.25, -0.2) is 0 Å². The van der Waals surface area contributed by atoms with Gasteiger partial charge in [0.05, 0.1) is 13.0 Å². The van der Waals surface area contributed by atoms with Gasteiger partial charge in [0.15, 0.2) is 0 Å². The summed E-state index contributed by atoms with van der Waals surface area (Å²) in [5.74, 6) is 0.888. The number of piperidine rings is 1. The molecule has 1 N–H and O–H groups in total. The lowest BCUT2D eigenvalue weighted by atomic mass is 9.96. The van der Waals surface area contributed by atoms with Gasteiger partial charge in [0.2, 0.25) is 5.91 Å². The molecule has 0 saturated carbocycles. The summed E-state index contributed by atoms with van der Waals surface area (Å²) in [6.45, 7) is 2.66. The molecule has 0 radical (unpaired) electrons. The first-order valence-corrected chi connectivity index (χ1v) is 8.93. The lowest BCUT2D eigenvalue weighted by molar-refractivity contribution is -0.121. The summed E-state index contributed by atoms with van der Waals surface area (Å²) in [5, 5.41) is 3.77. The molecule has 0 aliphatic carbocycles. The van der Waals surface area contributed by atoms with E-state index in [1.165, 1.54) is 5.56 Å². The molecule has 5 heteroatoms. The number of carbonyl (C=O) groups excluding carboxylic acids is 1. The number of carbonyl (C=O) groups is 1. The minimum atomic E-state index is 0.0168. The maximum Gasteiger partial charge on any atom is 0.228 e. The Hall–Kier alpha value is -2.04. The molecule has 3 rings (SSSR count). The predicted molar refractivity (Wildman–Crippen MR) is 101 cm³/mol. The van der Waals surface area contributed by atoms with Crippen molar-refractivity contribution in [2.24, 2.45) is 5.92 Å². The van der Waals surface area contributed by atoms with Gasteiger partial charge in [0, 0.05) is 23.8 Å². The molecule has 1 heterocycles. The molecule has 4 nitrogen and oxygen atoms in total. The number of ether oxygens (including phenoxy) is 1. The van der Waals surface area contributed by atoms with E-state index in [-0.39, 0.29) is 11.8 Å². The monoisotopic (exact) mass is 358 g/mol. The number of anilines is 1. The summed E-state index contributed by atoms with van der Waals surface area (Å²) < 4.78 is 5.14. The molecule has 0 unspecified atom stereocenters. The summed E-state index contributed by atoms with van der Waals surface area (Å²) in [7, 11) is 1.63. The van der Waals surface area contributed by atoms with Crippen molar-refractivity contribution in [3.05, 3.63) is 59.1 Å². The smallest absolute Gasteiger partial charge is 0.228 e. The molecule has 1 fully saturated rings. The van der Waals surface area contributed by atoms with Gasteiger partial charge in [-0.3, -0.25) is 9.69 Å². The fraction of sp³-hybridized carbons (Fsp3) is 0.350. The Morgan fingerprint density at radius 1 is 1.20 bits per heavy atom. The maximum atomic E-state index is 12.6. The SMILES string of the molecule is COc1ccc(NC(=O)[C@@H]2CCCN(Cc3ccc(Cl)cc3)C2)cc1. The van der Waals surface area contributed by atoms with E-state index in [0.717, 1.165) is 48.9 Å². The highest BCUT2D eigenvalue weighted by Gasteiger charge is 2.25. The minimum Gasteiger partial charge on any atom is -0.497 e. The highest BCUT2D eigenvalue weighted by molar-refractivity contribution is 6.30. The maximum absolute atomic E-state index is 12.6. The van der Waals surface area contributed by atoms with Crippen molar-refractivity contribution in [3.63, 3.8) is 0 Å². The largest absolute Gasteiger partial charge is 0.497 e. The molecule has 0 spiro atoms. The fourth-order valence-electron chi connectivity index (χ4n) is 3.18. The summed E-state index contributed by atoms with van der Waals surface area (Å²) in [6.07, 6.45) is 1.97. The van der Waals surface area contributed by atoms with E-state index in [1.54, 1.807) is 7.11 Å². The third-order valence-electron chi connectivity index (χ3n) is 4.55. The van der Waals surface area contributed by atoms with Crippen molar-refractivity contribution in [1.29, 1.82) is 0 Å². The van der Waals surface area contributed by atoms with Gasteiger partial charge in [-0.2, -0.15) is 0 Å². The van der Waals surface area contributed by atoms with Crippen LogP contribution in [0.25, 0.3) is 0 Å². The number of methoxy groups -OCH3 is 1. The molecular formula is C20H23ClN2O2. The van der Waals surface area contributed by atoms with Crippen LogP contribution in [0.2, 0.25) is 5.02 Å². The number of nitrogens with one attached hydrogen (secondary N) is 1. The van der Waals surface area contributed by atoms with Crippen LogP contribution >= 0.6 is 11.6 Å². The summed E-state index contributed by atoms with van der Waals surface area (Å²) >= 11 is 5.94. The van der Waals surface area contributed by atoms with E-state index in [2.05, 4.69) is 10.2 Å². The van der Waals surface area contributed by atoms with Crippen LogP contribution in [0.15, 0.2) is 48.5 Å². The van der Waals surface area contributed by atoms with Crippen LogP contribution in [0.4, 0.5) is 5.69 Å². The number of rotatable bonds is 5. The number of nitrogens with zero attached hydrogens (tertiary/aromatic N) is 1. The van der Waals surface area contributed by atoms with Crippen molar-refractivity contribution in [3.8, 4) is 5.75 Å². The van der Waals surface area contributed by atoms with Crippen LogP contribution in [-0.4, -0.2) is 31.0 Å². The standard InChI is InChI=1S/C20H23ClN2O2/c1-25-19-10-8-18(9-11-19)22-20(24)16-3-2-12-23(14-16)13-15-4-6-17(21)7-5-15/h4-11,16H,2-3,12-14H2,1H3,(H,22,24)/t16-/m1/s1. The molecule has 1 saturated heterocycles. The first kappa shape index (κ1) is 17.8. The van der Waals surface area contributed by atoms with Crippen LogP contribution in [0.1, 0.15) is 18.4 Å². The topological polar surface area (TPSA) is 41.6 Å². The van der Waals surface area contributed by atoms with Crippen molar-refractivity contribution < 1.29 is 9.53 Å². The average molecular weight is 359 g/mol. The van der Waals surface area contributed by atoms with Gasteiger partial charge in [-0.05, 0) is 61.3 Å². The van der Waals surface area contributed by atoms with Gasteiger partial charge in [-0.1, -0.05) is 23.7 Å². The quantitative estimate of drug-likeness (QED) is 0.870. The molecule has 25 heavy (non-hydrogen) atoms. The van der Waals surface area contributed by atoms with Gasteiger partial charge in [0.1, 0.15) is 5.75 Å². The van der Waals surface area contributed by atoms with E-state index in [0.29, 0.717) is 0 Å². The van der Waals surface area contributed by atoms with Gasteiger partial charge >= 0.3 is 0 Å². The Morgan fingerprint density at radius 3 is 2.60 bits per heavy atom. The Balaban J connectivity index is 1.56. The molecule has 0 bridgehead atoms. The van der Waals surface area contributed by atoms with E-state index in [1.807, 2.05) is 48.5 Å². The summed E-state index contributed by atoms with van der Waals surface area (Å²) in [5.41, 5.74) is 2.03. The van der Waals surface area contributed by atoms with Crippen LogP contribution in [0.5, 0.6) is 5.75 Å². The second-order valence-corrected chi connectivity index (χ2v) is 6.85. The molecule has 2 aromatic carbocycles. The Labute approximate surface area is 153 Å². The number of amides is 1. The molecular weight excluding hydrogens is 336 g/mol. The number of halogens is 1. The third kappa shape index (κ3) is 4.97. The second kappa shape index (κ2) is 8.37. The fourth-order valence-corrected chi connectivity index (χ4v) is 3.31.